The van der Waals surface area contributed by atoms with Crippen LogP contribution in [0.15, 0.2) is 23.6 Å². The molecular formula is C15H16F2N2S. The molecule has 0 atom stereocenters. The number of nitrogens with one attached hydrogen (secondary N) is 1. The van der Waals surface area contributed by atoms with Crippen molar-refractivity contribution in [2.75, 3.05) is 18.5 Å². The van der Waals surface area contributed by atoms with Gasteiger partial charge in [0.05, 0.1) is 0 Å². The van der Waals surface area contributed by atoms with Crippen LogP contribution in [0.25, 0.3) is 0 Å². The summed E-state index contributed by atoms with van der Waals surface area (Å²) in [5.74, 6) is -0.956. The summed E-state index contributed by atoms with van der Waals surface area (Å²) in [6.45, 7) is 1.70. The third-order valence-electron chi connectivity index (χ3n) is 3.58. The summed E-state index contributed by atoms with van der Waals surface area (Å²) in [6.07, 6.45) is 0.851. The molecule has 3 rings (SSSR count). The lowest BCUT2D eigenvalue weighted by Crippen LogP contribution is -2.31. The molecule has 20 heavy (non-hydrogen) atoms. The fourth-order valence-electron chi connectivity index (χ4n) is 2.67. The molecular weight excluding hydrogens is 278 g/mol. The second-order valence-corrected chi connectivity index (χ2v) is 5.98. The van der Waals surface area contributed by atoms with Crippen LogP contribution in [0.2, 0.25) is 0 Å². The molecule has 0 saturated carbocycles. The number of benzene rings is 1. The molecule has 0 saturated heterocycles. The van der Waals surface area contributed by atoms with Crippen LogP contribution in [0.4, 0.5) is 14.5 Å². The van der Waals surface area contributed by atoms with E-state index in [-0.39, 0.29) is 5.69 Å². The quantitative estimate of drug-likeness (QED) is 0.934. The Morgan fingerprint density at radius 1 is 1.30 bits per heavy atom. The number of hydrogen-bond acceptors (Lipinski definition) is 3. The van der Waals surface area contributed by atoms with Crippen molar-refractivity contribution in [2.45, 2.75) is 19.5 Å². The van der Waals surface area contributed by atoms with Crippen LogP contribution in [0.3, 0.4) is 0 Å². The molecule has 5 heteroatoms. The molecule has 2 heterocycles. The number of halogens is 2. The molecule has 1 aliphatic heterocycles. The molecule has 1 aliphatic rings. The fourth-order valence-corrected chi connectivity index (χ4v) is 3.56. The molecule has 0 radical (unpaired) electrons. The summed E-state index contributed by atoms with van der Waals surface area (Å²) in [6, 6.07) is 4.87. The molecule has 2 aromatic rings. The van der Waals surface area contributed by atoms with Gasteiger partial charge < -0.3 is 10.2 Å². The maximum absolute atomic E-state index is 14.2. The third-order valence-corrected chi connectivity index (χ3v) is 4.60. The predicted octanol–water partition coefficient (Wildman–Crippen LogP) is 3.31. The second kappa shape index (κ2) is 5.50. The number of hydrogen-bond donors (Lipinski definition) is 1. The molecule has 0 bridgehead atoms. The van der Waals surface area contributed by atoms with Gasteiger partial charge in [0.15, 0.2) is 0 Å². The first-order valence-electron chi connectivity index (χ1n) is 6.61. The van der Waals surface area contributed by atoms with Gasteiger partial charge in [-0.3, -0.25) is 0 Å². The Labute approximate surface area is 121 Å². The third kappa shape index (κ3) is 2.43. The number of rotatable bonds is 3. The van der Waals surface area contributed by atoms with Crippen LogP contribution < -0.4 is 10.2 Å². The van der Waals surface area contributed by atoms with Crippen LogP contribution in [0, 0.1) is 11.6 Å². The highest BCUT2D eigenvalue weighted by atomic mass is 32.1. The van der Waals surface area contributed by atoms with Gasteiger partial charge in [0, 0.05) is 24.5 Å². The summed E-state index contributed by atoms with van der Waals surface area (Å²) < 4.78 is 28.4. The zero-order valence-corrected chi connectivity index (χ0v) is 12.1. The van der Waals surface area contributed by atoms with Gasteiger partial charge in [-0.2, -0.15) is 0 Å². The van der Waals surface area contributed by atoms with E-state index in [4.69, 9.17) is 0 Å². The lowest BCUT2D eigenvalue weighted by atomic mass is 10.1. The molecule has 0 spiro atoms. The van der Waals surface area contributed by atoms with Crippen molar-refractivity contribution in [2.24, 2.45) is 0 Å². The molecule has 0 amide bonds. The molecule has 106 valence electrons. The molecule has 1 N–H and O–H groups in total. The Balaban J connectivity index is 1.91. The lowest BCUT2D eigenvalue weighted by molar-refractivity contribution is 0.561. The summed E-state index contributed by atoms with van der Waals surface area (Å²) in [7, 11) is 1.76. The normalized spacial score (nSPS) is 14.4. The molecule has 0 unspecified atom stereocenters. The minimum Gasteiger partial charge on any atom is -0.362 e. The maximum atomic E-state index is 14.2. The molecule has 0 aliphatic carbocycles. The van der Waals surface area contributed by atoms with Gasteiger partial charge in [0.1, 0.15) is 17.3 Å². The first-order valence-corrected chi connectivity index (χ1v) is 7.49. The summed E-state index contributed by atoms with van der Waals surface area (Å²) >= 11 is 1.72. The second-order valence-electron chi connectivity index (χ2n) is 4.98. The topological polar surface area (TPSA) is 15.3 Å². The van der Waals surface area contributed by atoms with E-state index < -0.39 is 11.6 Å². The largest absolute Gasteiger partial charge is 0.362 e. The first-order chi connectivity index (χ1) is 9.69. The number of thiophene rings is 1. The van der Waals surface area contributed by atoms with Gasteiger partial charge in [0.25, 0.3) is 0 Å². The summed E-state index contributed by atoms with van der Waals surface area (Å²) in [4.78, 5) is 3.12. The van der Waals surface area contributed by atoms with Gasteiger partial charge >= 0.3 is 0 Å². The van der Waals surface area contributed by atoms with E-state index in [0.717, 1.165) is 6.42 Å². The van der Waals surface area contributed by atoms with E-state index in [1.807, 2.05) is 11.4 Å². The number of anilines is 1. The van der Waals surface area contributed by atoms with E-state index >= 15 is 0 Å². The zero-order valence-electron chi connectivity index (χ0n) is 11.2. The van der Waals surface area contributed by atoms with Gasteiger partial charge in [-0.1, -0.05) is 0 Å². The highest BCUT2D eigenvalue weighted by molar-refractivity contribution is 7.10. The van der Waals surface area contributed by atoms with Crippen molar-refractivity contribution in [3.8, 4) is 0 Å². The van der Waals surface area contributed by atoms with E-state index in [1.54, 1.807) is 23.3 Å². The maximum Gasteiger partial charge on any atom is 0.149 e. The van der Waals surface area contributed by atoms with Crippen molar-refractivity contribution >= 4 is 17.0 Å². The smallest absolute Gasteiger partial charge is 0.149 e. The Morgan fingerprint density at radius 3 is 2.75 bits per heavy atom. The molecule has 2 nitrogen and oxygen atoms in total. The van der Waals surface area contributed by atoms with Crippen molar-refractivity contribution in [1.82, 2.24) is 5.32 Å². The van der Waals surface area contributed by atoms with Crippen molar-refractivity contribution < 1.29 is 8.78 Å². The van der Waals surface area contributed by atoms with Crippen LogP contribution in [-0.2, 0) is 19.5 Å². The Bertz CT molecular complexity index is 601. The lowest BCUT2D eigenvalue weighted by Gasteiger charge is -2.29. The van der Waals surface area contributed by atoms with Gasteiger partial charge in [-0.15, -0.1) is 11.3 Å². The minimum absolute atomic E-state index is 0.0988. The van der Waals surface area contributed by atoms with Gasteiger partial charge in [0.2, 0.25) is 0 Å². The minimum atomic E-state index is -0.478. The van der Waals surface area contributed by atoms with Gasteiger partial charge in [-0.05, 0) is 48.2 Å². The van der Waals surface area contributed by atoms with E-state index in [2.05, 4.69) is 5.32 Å². The van der Waals surface area contributed by atoms with E-state index in [1.165, 1.54) is 22.6 Å². The van der Waals surface area contributed by atoms with Crippen LogP contribution in [0.1, 0.15) is 16.0 Å². The standard InChI is InChI=1S/C15H16F2N2S/c1-18-8-10-6-12(16)15(13(17)7-10)19-4-2-14-11(9-19)3-5-20-14/h3,5-7,18H,2,4,8-9H2,1H3. The van der Waals surface area contributed by atoms with Crippen LogP contribution in [-0.4, -0.2) is 13.6 Å². The first kappa shape index (κ1) is 13.5. The summed E-state index contributed by atoms with van der Waals surface area (Å²) in [5, 5.41) is 4.94. The SMILES string of the molecule is CNCc1cc(F)c(N2CCc3sccc3C2)c(F)c1. The van der Waals surface area contributed by atoms with E-state index in [9.17, 15) is 8.78 Å². The average molecular weight is 294 g/mol. The van der Waals surface area contributed by atoms with Crippen molar-refractivity contribution in [3.63, 3.8) is 0 Å². The van der Waals surface area contributed by atoms with Crippen LogP contribution in [0.5, 0.6) is 0 Å². The van der Waals surface area contributed by atoms with E-state index in [0.29, 0.717) is 25.2 Å². The highest BCUT2D eigenvalue weighted by Crippen LogP contribution is 2.31. The Hall–Kier alpha value is -1.46. The number of nitrogens with zero attached hydrogens (tertiary/aromatic N) is 1. The average Bonchev–Trinajstić information content (AvgIpc) is 2.85. The van der Waals surface area contributed by atoms with Gasteiger partial charge in [-0.25, -0.2) is 8.78 Å². The number of fused-ring (bicyclic) bond motifs is 1. The molecule has 0 fully saturated rings. The highest BCUT2D eigenvalue weighted by Gasteiger charge is 2.23. The fraction of sp³-hybridized carbons (Fsp3) is 0.333. The van der Waals surface area contributed by atoms with Crippen molar-refractivity contribution in [3.05, 3.63) is 51.2 Å². The van der Waals surface area contributed by atoms with Crippen LogP contribution >= 0.6 is 11.3 Å². The predicted molar refractivity (Wildman–Crippen MR) is 78.2 cm³/mol. The molecule has 1 aromatic heterocycles. The zero-order chi connectivity index (χ0) is 14.1. The summed E-state index contributed by atoms with van der Waals surface area (Å²) in [5.41, 5.74) is 1.90. The Kier molecular flexibility index (Phi) is 3.72. The monoisotopic (exact) mass is 294 g/mol. The van der Waals surface area contributed by atoms with Crippen molar-refractivity contribution in [1.29, 1.82) is 0 Å². The Morgan fingerprint density at radius 2 is 2.05 bits per heavy atom. The molecule has 1 aromatic carbocycles.